The molecule has 4 atom stereocenters. The maximum atomic E-state index is 13.0. The van der Waals surface area contributed by atoms with E-state index in [1.807, 2.05) is 20.8 Å². The van der Waals surface area contributed by atoms with Gasteiger partial charge in [0.25, 0.3) is 0 Å². The highest BCUT2D eigenvalue weighted by molar-refractivity contribution is 5.74. The van der Waals surface area contributed by atoms with Crippen LogP contribution in [0.4, 0.5) is 5.69 Å². The minimum absolute atomic E-state index is 0.0507. The van der Waals surface area contributed by atoms with Gasteiger partial charge in [-0.15, -0.1) is 0 Å². The molecule has 0 aromatic heterocycles. The summed E-state index contributed by atoms with van der Waals surface area (Å²) in [5.74, 6) is 0.452. The molecule has 0 spiro atoms. The van der Waals surface area contributed by atoms with Crippen molar-refractivity contribution in [1.29, 1.82) is 0 Å². The standard InChI is InChI=1S/C24H36N2O2/c1-24(2,3)28-23(27)20-15-17-7-6-10-21(17)26-22(20)16-11-13-19(14-12-16)25-18-8-4-5-9-18/h11-14,17-18,20-22,25-26H,4-10,15H2,1-3H3/t17-,20+,21-,22+/m0/s1. The first kappa shape index (κ1) is 19.8. The fourth-order valence-electron chi connectivity index (χ4n) is 5.38. The molecule has 4 heteroatoms. The van der Waals surface area contributed by atoms with E-state index in [2.05, 4.69) is 34.9 Å². The summed E-state index contributed by atoms with van der Waals surface area (Å²) in [4.78, 5) is 13.0. The Labute approximate surface area is 169 Å². The quantitative estimate of drug-likeness (QED) is 0.700. The highest BCUT2D eigenvalue weighted by Crippen LogP contribution is 2.42. The third-order valence-electron chi connectivity index (χ3n) is 6.72. The van der Waals surface area contributed by atoms with Gasteiger partial charge in [-0.05, 0) is 76.5 Å². The van der Waals surface area contributed by atoms with Crippen molar-refractivity contribution in [2.24, 2.45) is 11.8 Å². The molecule has 3 fully saturated rings. The normalized spacial score (nSPS) is 30.8. The van der Waals surface area contributed by atoms with E-state index in [0.29, 0.717) is 18.0 Å². The van der Waals surface area contributed by atoms with Gasteiger partial charge in [0.2, 0.25) is 0 Å². The molecular weight excluding hydrogens is 348 g/mol. The summed E-state index contributed by atoms with van der Waals surface area (Å²) >= 11 is 0. The van der Waals surface area contributed by atoms with E-state index < -0.39 is 5.60 Å². The third kappa shape index (κ3) is 4.53. The van der Waals surface area contributed by atoms with Crippen LogP contribution in [0.1, 0.15) is 83.7 Å². The topological polar surface area (TPSA) is 50.4 Å². The molecule has 1 aliphatic heterocycles. The van der Waals surface area contributed by atoms with Gasteiger partial charge in [0.1, 0.15) is 5.60 Å². The molecule has 2 N–H and O–H groups in total. The second kappa shape index (κ2) is 8.06. The lowest BCUT2D eigenvalue weighted by molar-refractivity contribution is -0.163. The largest absolute Gasteiger partial charge is 0.460 e. The molecule has 28 heavy (non-hydrogen) atoms. The van der Waals surface area contributed by atoms with E-state index in [-0.39, 0.29) is 17.9 Å². The molecule has 1 saturated heterocycles. The Bertz CT molecular complexity index is 673. The van der Waals surface area contributed by atoms with Crippen LogP contribution in [0, 0.1) is 11.8 Å². The van der Waals surface area contributed by atoms with Crippen molar-refractivity contribution < 1.29 is 9.53 Å². The maximum absolute atomic E-state index is 13.0. The molecule has 3 aliphatic rings. The molecule has 2 aliphatic carbocycles. The van der Waals surface area contributed by atoms with Crippen molar-refractivity contribution >= 4 is 11.7 Å². The average Bonchev–Trinajstić information content (AvgIpc) is 3.31. The van der Waals surface area contributed by atoms with Crippen molar-refractivity contribution in [3.63, 3.8) is 0 Å². The van der Waals surface area contributed by atoms with Crippen LogP contribution >= 0.6 is 0 Å². The Hall–Kier alpha value is -1.55. The van der Waals surface area contributed by atoms with E-state index in [1.165, 1.54) is 56.2 Å². The maximum Gasteiger partial charge on any atom is 0.311 e. The summed E-state index contributed by atoms with van der Waals surface area (Å²) in [7, 11) is 0. The van der Waals surface area contributed by atoms with Gasteiger partial charge >= 0.3 is 5.97 Å². The third-order valence-corrected chi connectivity index (χ3v) is 6.72. The Morgan fingerprint density at radius 1 is 1.04 bits per heavy atom. The Morgan fingerprint density at radius 2 is 1.75 bits per heavy atom. The molecule has 2 saturated carbocycles. The first-order valence-electron chi connectivity index (χ1n) is 11.2. The zero-order chi connectivity index (χ0) is 19.7. The van der Waals surface area contributed by atoms with Gasteiger partial charge in [0, 0.05) is 23.8 Å². The second-order valence-electron chi connectivity index (χ2n) is 10.1. The smallest absolute Gasteiger partial charge is 0.311 e. The second-order valence-corrected chi connectivity index (χ2v) is 10.1. The van der Waals surface area contributed by atoms with Gasteiger partial charge < -0.3 is 15.4 Å². The first-order chi connectivity index (χ1) is 13.4. The average molecular weight is 385 g/mol. The number of carbonyl (C=O) groups is 1. The number of rotatable bonds is 4. The lowest BCUT2D eigenvalue weighted by Crippen LogP contribution is -2.48. The highest BCUT2D eigenvalue weighted by atomic mass is 16.6. The lowest BCUT2D eigenvalue weighted by Gasteiger charge is -2.40. The number of ether oxygens (including phenoxy) is 1. The van der Waals surface area contributed by atoms with E-state index in [9.17, 15) is 4.79 Å². The zero-order valence-corrected chi connectivity index (χ0v) is 17.7. The SMILES string of the molecule is CC(C)(C)OC(=O)[C@@H]1C[C@@H]2CCC[C@@H]2N[C@@H]1c1ccc(NC2CCCC2)cc1. The molecule has 0 amide bonds. The minimum Gasteiger partial charge on any atom is -0.460 e. The Balaban J connectivity index is 1.50. The number of benzene rings is 1. The lowest BCUT2D eigenvalue weighted by atomic mass is 9.78. The van der Waals surface area contributed by atoms with Gasteiger partial charge in [-0.1, -0.05) is 31.4 Å². The fourth-order valence-corrected chi connectivity index (χ4v) is 5.38. The van der Waals surface area contributed by atoms with Crippen LogP contribution in [-0.2, 0) is 9.53 Å². The number of anilines is 1. The van der Waals surface area contributed by atoms with Gasteiger partial charge in [-0.25, -0.2) is 0 Å². The number of fused-ring (bicyclic) bond motifs is 1. The summed E-state index contributed by atoms with van der Waals surface area (Å²) in [6.45, 7) is 5.87. The monoisotopic (exact) mass is 384 g/mol. The molecule has 0 radical (unpaired) electrons. The molecule has 4 rings (SSSR count). The first-order valence-corrected chi connectivity index (χ1v) is 11.2. The number of carbonyl (C=O) groups excluding carboxylic acids is 1. The van der Waals surface area contributed by atoms with Crippen LogP contribution in [0.25, 0.3) is 0 Å². The molecule has 0 unspecified atom stereocenters. The van der Waals surface area contributed by atoms with Gasteiger partial charge in [0.05, 0.1) is 5.92 Å². The van der Waals surface area contributed by atoms with Crippen LogP contribution < -0.4 is 10.6 Å². The van der Waals surface area contributed by atoms with E-state index in [0.717, 1.165) is 6.42 Å². The van der Waals surface area contributed by atoms with Crippen LogP contribution in [0.2, 0.25) is 0 Å². The molecule has 154 valence electrons. The highest BCUT2D eigenvalue weighted by Gasteiger charge is 2.44. The predicted octanol–water partition coefficient (Wildman–Crippen LogP) is 5.20. The number of hydrogen-bond donors (Lipinski definition) is 2. The molecule has 4 nitrogen and oxygen atoms in total. The van der Waals surface area contributed by atoms with E-state index in [1.54, 1.807) is 0 Å². The number of piperidine rings is 1. The number of esters is 1. The Kier molecular flexibility index (Phi) is 5.69. The molecule has 1 heterocycles. The summed E-state index contributed by atoms with van der Waals surface area (Å²) in [6.07, 6.45) is 9.88. The van der Waals surface area contributed by atoms with Gasteiger partial charge in [0.15, 0.2) is 0 Å². The summed E-state index contributed by atoms with van der Waals surface area (Å²) < 4.78 is 5.80. The van der Waals surface area contributed by atoms with Crippen molar-refractivity contribution in [3.05, 3.63) is 29.8 Å². The molecule has 1 aromatic carbocycles. The van der Waals surface area contributed by atoms with E-state index >= 15 is 0 Å². The van der Waals surface area contributed by atoms with Crippen molar-refractivity contribution in [1.82, 2.24) is 5.32 Å². The van der Waals surface area contributed by atoms with Gasteiger partial charge in [-0.3, -0.25) is 4.79 Å². The van der Waals surface area contributed by atoms with Crippen LogP contribution in [0.5, 0.6) is 0 Å². The molecular formula is C24H36N2O2. The molecule has 1 aromatic rings. The minimum atomic E-state index is -0.441. The van der Waals surface area contributed by atoms with Crippen molar-refractivity contribution in [2.45, 2.75) is 95.9 Å². The van der Waals surface area contributed by atoms with Gasteiger partial charge in [-0.2, -0.15) is 0 Å². The predicted molar refractivity (Wildman–Crippen MR) is 113 cm³/mol. The number of hydrogen-bond acceptors (Lipinski definition) is 4. The zero-order valence-electron chi connectivity index (χ0n) is 17.7. The van der Waals surface area contributed by atoms with Crippen molar-refractivity contribution in [3.8, 4) is 0 Å². The van der Waals surface area contributed by atoms with E-state index in [4.69, 9.17) is 4.74 Å². The summed E-state index contributed by atoms with van der Waals surface area (Å²) in [6, 6.07) is 9.97. The summed E-state index contributed by atoms with van der Waals surface area (Å²) in [5.41, 5.74) is 1.96. The fraction of sp³-hybridized carbons (Fsp3) is 0.708. The van der Waals surface area contributed by atoms with Crippen LogP contribution in [0.15, 0.2) is 24.3 Å². The summed E-state index contributed by atoms with van der Waals surface area (Å²) in [5, 5.41) is 7.48. The Morgan fingerprint density at radius 3 is 2.43 bits per heavy atom. The van der Waals surface area contributed by atoms with Crippen LogP contribution in [-0.4, -0.2) is 23.7 Å². The van der Waals surface area contributed by atoms with Crippen LogP contribution in [0.3, 0.4) is 0 Å². The molecule has 0 bridgehead atoms. The van der Waals surface area contributed by atoms with Crippen molar-refractivity contribution in [2.75, 3.05) is 5.32 Å². The number of nitrogens with one attached hydrogen (secondary N) is 2.